The first-order chi connectivity index (χ1) is 7.40. The molecule has 2 aromatic rings. The Balaban J connectivity index is 2.19. The first-order valence-corrected chi connectivity index (χ1v) is 4.95. The van der Waals surface area contributed by atoms with E-state index in [4.69, 9.17) is 0 Å². The highest BCUT2D eigenvalue weighted by Crippen LogP contribution is 2.05. The molecule has 5 heteroatoms. The lowest BCUT2D eigenvalue weighted by molar-refractivity contribution is 0.927. The second kappa shape index (κ2) is 4.54. The normalized spacial score (nSPS) is 10.2. The van der Waals surface area contributed by atoms with Crippen molar-refractivity contribution in [3.63, 3.8) is 0 Å². The van der Waals surface area contributed by atoms with Crippen molar-refractivity contribution in [1.82, 2.24) is 19.5 Å². The van der Waals surface area contributed by atoms with Crippen LogP contribution in [0.1, 0.15) is 13.3 Å². The molecule has 2 rings (SSSR count). The van der Waals surface area contributed by atoms with Crippen molar-refractivity contribution in [2.24, 2.45) is 0 Å². The lowest BCUT2D eigenvalue weighted by Gasteiger charge is -2.04. The highest BCUT2D eigenvalue weighted by molar-refractivity contribution is 5.31. The third-order valence-corrected chi connectivity index (χ3v) is 1.94. The Morgan fingerprint density at radius 2 is 2.33 bits per heavy atom. The van der Waals surface area contributed by atoms with Gasteiger partial charge >= 0.3 is 0 Å². The van der Waals surface area contributed by atoms with Crippen LogP contribution in [-0.4, -0.2) is 26.1 Å². The first-order valence-electron chi connectivity index (χ1n) is 4.95. The largest absolute Gasteiger partial charge is 0.354 e. The SMILES string of the molecule is CCCNc1nccc(-n2ccnc2)n1. The average molecular weight is 203 g/mol. The molecule has 0 aliphatic rings. The molecule has 0 aliphatic heterocycles. The second-order valence-electron chi connectivity index (χ2n) is 3.14. The standard InChI is InChI=1S/C10H13N5/c1-2-4-12-10-13-5-3-9(14-10)15-7-6-11-8-15/h3,5-8H,2,4H2,1H3,(H,12,13,14). The number of rotatable bonds is 4. The Hall–Kier alpha value is -1.91. The molecule has 0 spiro atoms. The molecule has 1 N–H and O–H groups in total. The quantitative estimate of drug-likeness (QED) is 0.817. The molecule has 0 saturated heterocycles. The number of hydrogen-bond acceptors (Lipinski definition) is 4. The van der Waals surface area contributed by atoms with Crippen molar-refractivity contribution < 1.29 is 0 Å². The summed E-state index contributed by atoms with van der Waals surface area (Å²) < 4.78 is 1.85. The van der Waals surface area contributed by atoms with Gasteiger partial charge in [-0.3, -0.25) is 4.57 Å². The number of anilines is 1. The van der Waals surface area contributed by atoms with Gasteiger partial charge in [-0.2, -0.15) is 4.98 Å². The average Bonchev–Trinajstić information content (AvgIpc) is 2.80. The van der Waals surface area contributed by atoms with E-state index >= 15 is 0 Å². The Morgan fingerprint density at radius 1 is 1.40 bits per heavy atom. The second-order valence-corrected chi connectivity index (χ2v) is 3.14. The van der Waals surface area contributed by atoms with Gasteiger partial charge in [0.25, 0.3) is 0 Å². The number of hydrogen-bond donors (Lipinski definition) is 1. The molecule has 78 valence electrons. The predicted molar refractivity (Wildman–Crippen MR) is 57.9 cm³/mol. The minimum atomic E-state index is 0.656. The molecule has 0 saturated carbocycles. The molecule has 5 nitrogen and oxygen atoms in total. The van der Waals surface area contributed by atoms with Crippen LogP contribution in [0.5, 0.6) is 0 Å². The number of nitrogens with zero attached hydrogens (tertiary/aromatic N) is 4. The van der Waals surface area contributed by atoms with Crippen molar-refractivity contribution in [2.45, 2.75) is 13.3 Å². The van der Waals surface area contributed by atoms with Gasteiger partial charge in [0.05, 0.1) is 0 Å². The Kier molecular flexibility index (Phi) is 2.92. The molecule has 0 radical (unpaired) electrons. The minimum absolute atomic E-state index is 0.656. The van der Waals surface area contributed by atoms with Crippen LogP contribution in [0, 0.1) is 0 Å². The third-order valence-electron chi connectivity index (χ3n) is 1.94. The zero-order chi connectivity index (χ0) is 10.5. The fraction of sp³-hybridized carbons (Fsp3) is 0.300. The molecule has 0 aromatic carbocycles. The van der Waals surface area contributed by atoms with Gasteiger partial charge < -0.3 is 5.32 Å². The maximum Gasteiger partial charge on any atom is 0.224 e. The zero-order valence-corrected chi connectivity index (χ0v) is 8.59. The third kappa shape index (κ3) is 2.31. The minimum Gasteiger partial charge on any atom is -0.354 e. The molecule has 0 fully saturated rings. The van der Waals surface area contributed by atoms with Crippen LogP contribution < -0.4 is 5.32 Å². The molecule has 0 unspecified atom stereocenters. The summed E-state index contributed by atoms with van der Waals surface area (Å²) in [5.74, 6) is 1.48. The zero-order valence-electron chi connectivity index (χ0n) is 8.59. The predicted octanol–water partition coefficient (Wildman–Crippen LogP) is 1.48. The summed E-state index contributed by atoms with van der Waals surface area (Å²) in [5, 5.41) is 3.14. The van der Waals surface area contributed by atoms with Gasteiger partial charge in [0, 0.05) is 25.1 Å². The summed E-state index contributed by atoms with van der Waals surface area (Å²) in [5.41, 5.74) is 0. The highest BCUT2D eigenvalue weighted by Gasteiger charge is 1.99. The van der Waals surface area contributed by atoms with E-state index in [0.717, 1.165) is 18.8 Å². The maximum absolute atomic E-state index is 4.35. The van der Waals surface area contributed by atoms with Crippen molar-refractivity contribution >= 4 is 5.95 Å². The molecule has 0 amide bonds. The van der Waals surface area contributed by atoms with Crippen LogP contribution in [0.2, 0.25) is 0 Å². The van der Waals surface area contributed by atoms with Crippen LogP contribution in [0.15, 0.2) is 31.0 Å². The van der Waals surface area contributed by atoms with E-state index in [9.17, 15) is 0 Å². The molecule has 0 bridgehead atoms. The Bertz CT molecular complexity index is 410. The topological polar surface area (TPSA) is 55.6 Å². The van der Waals surface area contributed by atoms with Crippen LogP contribution in [0.3, 0.4) is 0 Å². The van der Waals surface area contributed by atoms with Crippen molar-refractivity contribution in [2.75, 3.05) is 11.9 Å². The van der Waals surface area contributed by atoms with E-state index in [2.05, 4.69) is 27.2 Å². The monoisotopic (exact) mass is 203 g/mol. The van der Waals surface area contributed by atoms with Crippen LogP contribution in [-0.2, 0) is 0 Å². The molecule has 2 heterocycles. The van der Waals surface area contributed by atoms with Crippen molar-refractivity contribution in [3.8, 4) is 5.82 Å². The molecular formula is C10H13N5. The summed E-state index contributed by atoms with van der Waals surface area (Å²) in [7, 11) is 0. The fourth-order valence-electron chi connectivity index (χ4n) is 1.21. The summed E-state index contributed by atoms with van der Waals surface area (Å²) in [4.78, 5) is 12.5. The van der Waals surface area contributed by atoms with Gasteiger partial charge in [0.1, 0.15) is 12.1 Å². The van der Waals surface area contributed by atoms with E-state index in [1.807, 2.05) is 16.8 Å². The van der Waals surface area contributed by atoms with Gasteiger partial charge in [-0.1, -0.05) is 6.92 Å². The first kappa shape index (κ1) is 9.64. The van der Waals surface area contributed by atoms with Gasteiger partial charge in [-0.15, -0.1) is 0 Å². The molecule has 0 aliphatic carbocycles. The lowest BCUT2D eigenvalue weighted by atomic mass is 10.5. The Labute approximate surface area is 88.2 Å². The van der Waals surface area contributed by atoms with Gasteiger partial charge in [0.2, 0.25) is 5.95 Å². The van der Waals surface area contributed by atoms with Gasteiger partial charge in [0.15, 0.2) is 0 Å². The van der Waals surface area contributed by atoms with Gasteiger partial charge in [-0.25, -0.2) is 9.97 Å². The number of nitrogens with one attached hydrogen (secondary N) is 1. The van der Waals surface area contributed by atoms with Gasteiger partial charge in [-0.05, 0) is 12.5 Å². The summed E-state index contributed by atoms with van der Waals surface area (Å²) in [6.07, 6.45) is 8.08. The highest BCUT2D eigenvalue weighted by atomic mass is 15.2. The molecular weight excluding hydrogens is 190 g/mol. The van der Waals surface area contributed by atoms with E-state index < -0.39 is 0 Å². The van der Waals surface area contributed by atoms with E-state index in [1.165, 1.54) is 0 Å². The van der Waals surface area contributed by atoms with E-state index in [0.29, 0.717) is 5.95 Å². The summed E-state index contributed by atoms with van der Waals surface area (Å²) in [6.45, 7) is 2.99. The van der Waals surface area contributed by atoms with E-state index in [-0.39, 0.29) is 0 Å². The van der Waals surface area contributed by atoms with Crippen molar-refractivity contribution in [3.05, 3.63) is 31.0 Å². The molecule has 15 heavy (non-hydrogen) atoms. The lowest BCUT2D eigenvalue weighted by Crippen LogP contribution is -2.06. The summed E-state index contributed by atoms with van der Waals surface area (Å²) in [6, 6.07) is 1.85. The van der Waals surface area contributed by atoms with E-state index in [1.54, 1.807) is 18.7 Å². The summed E-state index contributed by atoms with van der Waals surface area (Å²) >= 11 is 0. The number of aromatic nitrogens is 4. The van der Waals surface area contributed by atoms with Crippen LogP contribution in [0.4, 0.5) is 5.95 Å². The fourth-order valence-corrected chi connectivity index (χ4v) is 1.21. The Morgan fingerprint density at radius 3 is 3.07 bits per heavy atom. The van der Waals surface area contributed by atoms with Crippen LogP contribution >= 0.6 is 0 Å². The van der Waals surface area contributed by atoms with Crippen LogP contribution in [0.25, 0.3) is 5.82 Å². The molecule has 0 atom stereocenters. The smallest absolute Gasteiger partial charge is 0.224 e. The number of imidazole rings is 1. The van der Waals surface area contributed by atoms with Crippen molar-refractivity contribution in [1.29, 1.82) is 0 Å². The maximum atomic E-state index is 4.35. The molecule has 2 aromatic heterocycles.